The lowest BCUT2D eigenvalue weighted by Gasteiger charge is -2.05. The molecule has 0 saturated carbocycles. The van der Waals surface area contributed by atoms with Crippen LogP contribution in [0.5, 0.6) is 5.75 Å². The van der Waals surface area contributed by atoms with Gasteiger partial charge >= 0.3 is 0 Å². The van der Waals surface area contributed by atoms with Crippen molar-refractivity contribution in [3.63, 3.8) is 0 Å². The van der Waals surface area contributed by atoms with Gasteiger partial charge in [-0.15, -0.1) is 10.2 Å². The minimum atomic E-state index is -0.200. The van der Waals surface area contributed by atoms with Crippen molar-refractivity contribution in [2.75, 3.05) is 12.4 Å². The van der Waals surface area contributed by atoms with Crippen molar-refractivity contribution in [2.45, 2.75) is 28.3 Å². The molecule has 2 aromatic carbocycles. The van der Waals surface area contributed by atoms with Gasteiger partial charge in [0.2, 0.25) is 0 Å². The van der Waals surface area contributed by atoms with Crippen LogP contribution in [0.1, 0.15) is 23.6 Å². The summed E-state index contributed by atoms with van der Waals surface area (Å²) in [5, 5.41) is 12.4. The second kappa shape index (κ2) is 11.7. The van der Waals surface area contributed by atoms with Gasteiger partial charge in [-0.3, -0.25) is 4.79 Å². The molecule has 0 spiro atoms. The molecule has 1 aromatic heterocycles. The van der Waals surface area contributed by atoms with Crippen LogP contribution in [0.2, 0.25) is 0 Å². The van der Waals surface area contributed by atoms with Gasteiger partial charge in [-0.05, 0) is 31.5 Å². The Labute approximate surface area is 188 Å². The van der Waals surface area contributed by atoms with E-state index in [1.54, 1.807) is 18.0 Å². The van der Waals surface area contributed by atoms with E-state index in [1.165, 1.54) is 34.2 Å². The number of carbonyl (C=O) groups is 1. The van der Waals surface area contributed by atoms with Gasteiger partial charge in [0.25, 0.3) is 5.91 Å². The average Bonchev–Trinajstić information content (AvgIpc) is 3.21. The highest BCUT2D eigenvalue weighted by Crippen LogP contribution is 2.30. The number of para-hydroxylation sites is 1. The predicted molar refractivity (Wildman–Crippen MR) is 125 cm³/mol. The molecule has 0 radical (unpaired) electrons. The Bertz CT molecular complexity index is 990. The molecule has 0 fully saturated rings. The molecule has 6 nitrogen and oxygen atoms in total. The van der Waals surface area contributed by atoms with Crippen LogP contribution in [0, 0.1) is 6.92 Å². The molecule has 0 saturated heterocycles. The number of benzene rings is 2. The maximum atomic E-state index is 12.0. The monoisotopic (exact) mass is 458 g/mol. The smallest absolute Gasteiger partial charge is 0.250 e. The normalized spacial score (nSPS) is 11.0. The van der Waals surface area contributed by atoms with Gasteiger partial charge in [0.15, 0.2) is 8.68 Å². The van der Waals surface area contributed by atoms with Crippen molar-refractivity contribution in [3.8, 4) is 5.75 Å². The number of nitrogens with zero attached hydrogens (tertiary/aromatic N) is 3. The van der Waals surface area contributed by atoms with Crippen molar-refractivity contribution >= 4 is 47.0 Å². The van der Waals surface area contributed by atoms with Crippen molar-refractivity contribution in [3.05, 3.63) is 65.2 Å². The molecule has 0 aliphatic heterocycles. The first kappa shape index (κ1) is 22.3. The van der Waals surface area contributed by atoms with Gasteiger partial charge in [-0.1, -0.05) is 76.8 Å². The second-order valence-electron chi connectivity index (χ2n) is 6.16. The quantitative estimate of drug-likeness (QED) is 0.268. The van der Waals surface area contributed by atoms with Crippen LogP contribution >= 0.6 is 34.9 Å². The fraction of sp³-hybridized carbons (Fsp3) is 0.238. The predicted octanol–water partition coefficient (Wildman–Crippen LogP) is 4.78. The van der Waals surface area contributed by atoms with Gasteiger partial charge < -0.3 is 4.74 Å². The SMILES string of the molecule is CCOc1ccccc1/C=N/NC(=O)CSc1nnc(SCc2ccc(C)cc2)s1. The largest absolute Gasteiger partial charge is 0.493 e. The van der Waals surface area contributed by atoms with Crippen LogP contribution in [-0.2, 0) is 10.5 Å². The van der Waals surface area contributed by atoms with Gasteiger partial charge in [0, 0.05) is 11.3 Å². The average molecular weight is 459 g/mol. The zero-order chi connectivity index (χ0) is 21.2. The third kappa shape index (κ3) is 7.16. The number of thioether (sulfide) groups is 2. The maximum Gasteiger partial charge on any atom is 0.250 e. The molecule has 0 aliphatic rings. The van der Waals surface area contributed by atoms with Crippen LogP contribution in [0.4, 0.5) is 0 Å². The minimum Gasteiger partial charge on any atom is -0.493 e. The van der Waals surface area contributed by atoms with Crippen LogP contribution in [-0.4, -0.2) is 34.7 Å². The Kier molecular flexibility index (Phi) is 8.73. The lowest BCUT2D eigenvalue weighted by Crippen LogP contribution is -2.19. The lowest BCUT2D eigenvalue weighted by atomic mass is 10.2. The number of amides is 1. The standard InChI is InChI=1S/C21H22N4O2S3/c1-3-27-18-7-5-4-6-17(18)12-22-23-19(26)14-29-21-25-24-20(30-21)28-13-16-10-8-15(2)9-11-16/h4-12H,3,13-14H2,1-2H3,(H,23,26)/b22-12+. The first-order chi connectivity index (χ1) is 14.6. The number of aryl methyl sites for hydroxylation is 1. The van der Waals surface area contributed by atoms with E-state index in [9.17, 15) is 4.79 Å². The van der Waals surface area contributed by atoms with Gasteiger partial charge in [0.05, 0.1) is 18.6 Å². The van der Waals surface area contributed by atoms with Gasteiger partial charge in [-0.25, -0.2) is 5.43 Å². The van der Waals surface area contributed by atoms with E-state index < -0.39 is 0 Å². The molecule has 156 valence electrons. The summed E-state index contributed by atoms with van der Waals surface area (Å²) in [4.78, 5) is 12.0. The molecule has 30 heavy (non-hydrogen) atoms. The van der Waals surface area contributed by atoms with Crippen molar-refractivity contribution < 1.29 is 9.53 Å². The summed E-state index contributed by atoms with van der Waals surface area (Å²) in [5.74, 6) is 1.60. The number of ether oxygens (including phenoxy) is 1. The molecule has 0 bridgehead atoms. The third-order valence-electron chi connectivity index (χ3n) is 3.81. The Morgan fingerprint density at radius 2 is 1.87 bits per heavy atom. The minimum absolute atomic E-state index is 0.200. The van der Waals surface area contributed by atoms with Crippen molar-refractivity contribution in [2.24, 2.45) is 5.10 Å². The first-order valence-corrected chi connectivity index (χ1v) is 12.1. The Balaban J connectivity index is 1.42. The van der Waals surface area contributed by atoms with Crippen LogP contribution in [0.25, 0.3) is 0 Å². The van der Waals surface area contributed by atoms with Crippen LogP contribution < -0.4 is 10.2 Å². The summed E-state index contributed by atoms with van der Waals surface area (Å²) in [6, 6.07) is 16.0. The first-order valence-electron chi connectivity index (χ1n) is 9.32. The summed E-state index contributed by atoms with van der Waals surface area (Å²) >= 11 is 4.49. The van der Waals surface area contributed by atoms with E-state index in [0.29, 0.717) is 6.61 Å². The molecular weight excluding hydrogens is 436 g/mol. The second-order valence-corrected chi connectivity index (χ2v) is 9.58. The van der Waals surface area contributed by atoms with Crippen LogP contribution in [0.15, 0.2) is 62.3 Å². The summed E-state index contributed by atoms with van der Waals surface area (Å²) in [7, 11) is 0. The zero-order valence-electron chi connectivity index (χ0n) is 16.7. The maximum absolute atomic E-state index is 12.0. The molecule has 1 heterocycles. The molecule has 1 N–H and O–H groups in total. The highest BCUT2D eigenvalue weighted by Gasteiger charge is 2.09. The van der Waals surface area contributed by atoms with Gasteiger partial charge in [0.1, 0.15) is 5.75 Å². The molecule has 0 unspecified atom stereocenters. The number of hydrogen-bond donors (Lipinski definition) is 1. The number of carbonyl (C=O) groups excluding carboxylic acids is 1. The number of aromatic nitrogens is 2. The molecule has 9 heteroatoms. The van der Waals surface area contributed by atoms with Crippen molar-refractivity contribution in [1.82, 2.24) is 15.6 Å². The number of hydrogen-bond acceptors (Lipinski definition) is 8. The van der Waals surface area contributed by atoms with E-state index in [2.05, 4.69) is 51.9 Å². The summed E-state index contributed by atoms with van der Waals surface area (Å²) < 4.78 is 7.19. The summed E-state index contributed by atoms with van der Waals surface area (Å²) in [6.07, 6.45) is 1.58. The van der Waals surface area contributed by atoms with E-state index in [1.807, 2.05) is 31.2 Å². The number of rotatable bonds is 10. The fourth-order valence-corrected chi connectivity index (χ4v) is 5.12. The third-order valence-corrected chi connectivity index (χ3v) is 7.07. The topological polar surface area (TPSA) is 76.5 Å². The Morgan fingerprint density at radius 1 is 1.13 bits per heavy atom. The molecule has 0 atom stereocenters. The molecular formula is C21H22N4O2S3. The van der Waals surface area contributed by atoms with E-state index in [0.717, 1.165) is 25.7 Å². The van der Waals surface area contributed by atoms with Crippen LogP contribution in [0.3, 0.4) is 0 Å². The lowest BCUT2D eigenvalue weighted by molar-refractivity contribution is -0.118. The highest BCUT2D eigenvalue weighted by molar-refractivity contribution is 8.03. The molecule has 3 rings (SSSR count). The highest BCUT2D eigenvalue weighted by atomic mass is 32.2. The summed E-state index contributed by atoms with van der Waals surface area (Å²) in [6.45, 7) is 4.57. The Morgan fingerprint density at radius 3 is 2.63 bits per heavy atom. The van der Waals surface area contributed by atoms with Gasteiger partial charge in [-0.2, -0.15) is 5.10 Å². The number of hydrazone groups is 1. The number of nitrogens with one attached hydrogen (secondary N) is 1. The van der Waals surface area contributed by atoms with Crippen molar-refractivity contribution in [1.29, 1.82) is 0 Å². The fourth-order valence-electron chi connectivity index (χ4n) is 2.35. The Hall–Kier alpha value is -2.36. The zero-order valence-corrected chi connectivity index (χ0v) is 19.1. The molecule has 0 aliphatic carbocycles. The molecule has 3 aromatic rings. The van der Waals surface area contributed by atoms with E-state index in [-0.39, 0.29) is 11.7 Å². The van der Waals surface area contributed by atoms with E-state index >= 15 is 0 Å². The molecule has 1 amide bonds. The summed E-state index contributed by atoms with van der Waals surface area (Å²) in [5.41, 5.74) is 5.84. The van der Waals surface area contributed by atoms with E-state index in [4.69, 9.17) is 4.74 Å².